The summed E-state index contributed by atoms with van der Waals surface area (Å²) in [5.74, 6) is 0.286. The lowest BCUT2D eigenvalue weighted by Gasteiger charge is -2.11. The summed E-state index contributed by atoms with van der Waals surface area (Å²) in [6, 6.07) is 13.7. The lowest BCUT2D eigenvalue weighted by Crippen LogP contribution is -2.10. The van der Waals surface area contributed by atoms with E-state index in [1.54, 1.807) is 31.2 Å². The number of fused-ring (bicyclic) bond motifs is 1. The van der Waals surface area contributed by atoms with Crippen molar-refractivity contribution < 1.29 is 12.6 Å². The maximum absolute atomic E-state index is 12.6. The molecule has 0 bridgehead atoms. The maximum Gasteiger partial charge on any atom is 0.339 e. The zero-order valence-corrected chi connectivity index (χ0v) is 15.0. The molecule has 3 aromatic rings. The Morgan fingerprint density at radius 3 is 2.52 bits per heavy atom. The summed E-state index contributed by atoms with van der Waals surface area (Å²) in [6.07, 6.45) is 0. The van der Waals surface area contributed by atoms with Crippen molar-refractivity contribution in [3.63, 3.8) is 0 Å². The molecule has 23 heavy (non-hydrogen) atoms. The molecule has 1 aromatic heterocycles. The third-order valence-corrected chi connectivity index (χ3v) is 5.54. The molecular weight excluding hydrogens is 378 g/mol. The van der Waals surface area contributed by atoms with Crippen molar-refractivity contribution in [3.8, 4) is 5.75 Å². The molecular formula is C17H14BrNO3S. The summed E-state index contributed by atoms with van der Waals surface area (Å²) in [7, 11) is -3.91. The van der Waals surface area contributed by atoms with Gasteiger partial charge >= 0.3 is 10.1 Å². The van der Waals surface area contributed by atoms with E-state index in [1.807, 2.05) is 25.1 Å². The molecule has 0 atom stereocenters. The fourth-order valence-corrected chi connectivity index (χ4v) is 3.55. The summed E-state index contributed by atoms with van der Waals surface area (Å²) >= 11 is 3.36. The summed E-state index contributed by atoms with van der Waals surface area (Å²) in [4.78, 5) is 4.51. The van der Waals surface area contributed by atoms with Crippen LogP contribution >= 0.6 is 15.9 Å². The van der Waals surface area contributed by atoms with Gasteiger partial charge in [-0.3, -0.25) is 4.98 Å². The van der Waals surface area contributed by atoms with Gasteiger partial charge in [-0.25, -0.2) is 0 Å². The first-order chi connectivity index (χ1) is 10.9. The third-order valence-electron chi connectivity index (χ3n) is 3.42. The number of aryl methyl sites for hydroxylation is 2. The Morgan fingerprint density at radius 1 is 1.04 bits per heavy atom. The molecule has 0 amide bonds. The Hall–Kier alpha value is -1.92. The quantitative estimate of drug-likeness (QED) is 0.621. The second-order valence-corrected chi connectivity index (χ2v) is 7.63. The zero-order valence-electron chi connectivity index (χ0n) is 12.6. The van der Waals surface area contributed by atoms with E-state index in [-0.39, 0.29) is 10.6 Å². The van der Waals surface area contributed by atoms with Crippen LogP contribution in [0.3, 0.4) is 0 Å². The molecule has 0 saturated carbocycles. The highest BCUT2D eigenvalue weighted by molar-refractivity contribution is 9.10. The number of hydrogen-bond donors (Lipinski definition) is 0. The van der Waals surface area contributed by atoms with Crippen molar-refractivity contribution in [1.29, 1.82) is 0 Å². The summed E-state index contributed by atoms with van der Waals surface area (Å²) in [6.45, 7) is 3.63. The van der Waals surface area contributed by atoms with Gasteiger partial charge in [0, 0.05) is 21.6 Å². The van der Waals surface area contributed by atoms with Gasteiger partial charge < -0.3 is 4.18 Å². The standard InChI is InChI=1S/C17H14BrNO3S/c1-11-9-13(7-8-15(11)18)23(20,21)22-17-10-12(2)19-16-6-4-3-5-14(16)17/h3-10H,1-2H3. The number of halogens is 1. The summed E-state index contributed by atoms with van der Waals surface area (Å²) in [5, 5.41) is 0.663. The summed E-state index contributed by atoms with van der Waals surface area (Å²) in [5.41, 5.74) is 2.22. The van der Waals surface area contributed by atoms with Gasteiger partial charge in [0.15, 0.2) is 5.75 Å². The van der Waals surface area contributed by atoms with Crippen LogP contribution in [0.15, 0.2) is 57.9 Å². The Kier molecular flexibility index (Phi) is 4.12. The van der Waals surface area contributed by atoms with E-state index >= 15 is 0 Å². The number of benzene rings is 2. The minimum Gasteiger partial charge on any atom is -0.378 e. The number of rotatable bonds is 3. The zero-order chi connectivity index (χ0) is 16.6. The Bertz CT molecular complexity index is 1000. The lowest BCUT2D eigenvalue weighted by molar-refractivity contribution is 0.488. The normalized spacial score (nSPS) is 11.6. The largest absolute Gasteiger partial charge is 0.378 e. The van der Waals surface area contributed by atoms with Crippen molar-refractivity contribution in [2.24, 2.45) is 0 Å². The minimum atomic E-state index is -3.91. The van der Waals surface area contributed by atoms with Crippen molar-refractivity contribution in [1.82, 2.24) is 4.98 Å². The molecule has 0 aliphatic carbocycles. The van der Waals surface area contributed by atoms with Crippen LogP contribution in [0.1, 0.15) is 11.3 Å². The fraction of sp³-hybridized carbons (Fsp3) is 0.118. The first-order valence-electron chi connectivity index (χ1n) is 6.94. The highest BCUT2D eigenvalue weighted by atomic mass is 79.9. The fourth-order valence-electron chi connectivity index (χ4n) is 2.28. The van der Waals surface area contributed by atoms with Gasteiger partial charge in [-0.05, 0) is 49.7 Å². The van der Waals surface area contributed by atoms with Gasteiger partial charge in [-0.1, -0.05) is 28.1 Å². The van der Waals surface area contributed by atoms with Crippen molar-refractivity contribution in [2.45, 2.75) is 18.7 Å². The molecule has 0 aliphatic heterocycles. The Balaban J connectivity index is 2.09. The van der Waals surface area contributed by atoms with E-state index in [0.29, 0.717) is 16.6 Å². The number of hydrogen-bond acceptors (Lipinski definition) is 4. The Labute approximate surface area is 143 Å². The van der Waals surface area contributed by atoms with Crippen LogP contribution in [0.5, 0.6) is 5.75 Å². The van der Waals surface area contributed by atoms with Crippen LogP contribution in [0.4, 0.5) is 0 Å². The predicted molar refractivity (Wildman–Crippen MR) is 93.2 cm³/mol. The van der Waals surface area contributed by atoms with Crippen molar-refractivity contribution in [3.05, 3.63) is 64.3 Å². The molecule has 3 rings (SSSR count). The van der Waals surface area contributed by atoms with Gasteiger partial charge in [-0.15, -0.1) is 0 Å². The number of aromatic nitrogens is 1. The highest BCUT2D eigenvalue weighted by Gasteiger charge is 2.19. The molecule has 118 valence electrons. The molecule has 0 saturated heterocycles. The number of pyridine rings is 1. The first kappa shape index (κ1) is 16.0. The van der Waals surface area contributed by atoms with Crippen molar-refractivity contribution in [2.75, 3.05) is 0 Å². The van der Waals surface area contributed by atoms with Crippen LogP contribution in [0.2, 0.25) is 0 Å². The maximum atomic E-state index is 12.6. The van der Waals surface area contributed by atoms with Gasteiger partial charge in [0.25, 0.3) is 0 Å². The van der Waals surface area contributed by atoms with E-state index < -0.39 is 10.1 Å². The first-order valence-corrected chi connectivity index (χ1v) is 9.14. The second-order valence-electron chi connectivity index (χ2n) is 5.23. The Morgan fingerprint density at radius 2 is 1.78 bits per heavy atom. The smallest absolute Gasteiger partial charge is 0.339 e. The molecule has 0 spiro atoms. The number of para-hydroxylation sites is 1. The van der Waals surface area contributed by atoms with Gasteiger partial charge in [-0.2, -0.15) is 8.42 Å². The third kappa shape index (κ3) is 3.23. The minimum absolute atomic E-state index is 0.122. The average Bonchev–Trinajstić information content (AvgIpc) is 2.49. The molecule has 0 radical (unpaired) electrons. The predicted octanol–water partition coefficient (Wildman–Crippen LogP) is 4.38. The van der Waals surface area contributed by atoms with Crippen LogP contribution in [0, 0.1) is 13.8 Å². The molecule has 6 heteroatoms. The van der Waals surface area contributed by atoms with Crippen LogP contribution in [-0.2, 0) is 10.1 Å². The van der Waals surface area contributed by atoms with E-state index in [4.69, 9.17) is 4.18 Å². The topological polar surface area (TPSA) is 56.3 Å². The average molecular weight is 392 g/mol. The highest BCUT2D eigenvalue weighted by Crippen LogP contribution is 2.29. The van der Waals surface area contributed by atoms with Crippen molar-refractivity contribution >= 4 is 37.0 Å². The molecule has 0 fully saturated rings. The monoisotopic (exact) mass is 391 g/mol. The molecule has 0 N–H and O–H groups in total. The molecule has 1 heterocycles. The van der Waals surface area contributed by atoms with E-state index in [2.05, 4.69) is 20.9 Å². The van der Waals surface area contributed by atoms with Crippen LogP contribution in [-0.4, -0.2) is 13.4 Å². The van der Waals surface area contributed by atoms with Gasteiger partial charge in [0.1, 0.15) is 4.90 Å². The second kappa shape index (κ2) is 5.94. The molecule has 0 aliphatic rings. The van der Waals surface area contributed by atoms with Crippen LogP contribution < -0.4 is 4.18 Å². The lowest BCUT2D eigenvalue weighted by atomic mass is 10.2. The molecule has 2 aromatic carbocycles. The van der Waals surface area contributed by atoms with Crippen LogP contribution in [0.25, 0.3) is 10.9 Å². The SMILES string of the molecule is Cc1cc(OS(=O)(=O)c2ccc(Br)c(C)c2)c2ccccc2n1. The van der Waals surface area contributed by atoms with E-state index in [1.165, 1.54) is 6.07 Å². The van der Waals surface area contributed by atoms with Gasteiger partial charge in [0.2, 0.25) is 0 Å². The van der Waals surface area contributed by atoms with E-state index in [9.17, 15) is 8.42 Å². The van der Waals surface area contributed by atoms with E-state index in [0.717, 1.165) is 10.0 Å². The van der Waals surface area contributed by atoms with Gasteiger partial charge in [0.05, 0.1) is 5.52 Å². The summed E-state index contributed by atoms with van der Waals surface area (Å²) < 4.78 is 31.4. The molecule has 0 unspecified atom stereocenters. The molecule has 4 nitrogen and oxygen atoms in total. The number of nitrogens with zero attached hydrogens (tertiary/aromatic N) is 1.